The molecule has 2 aromatic rings. The molecule has 1 aliphatic rings. The Balaban J connectivity index is 1.51. The van der Waals surface area contributed by atoms with Gasteiger partial charge in [0.2, 0.25) is 15.9 Å². The predicted octanol–water partition coefficient (Wildman–Crippen LogP) is 1.48. The fraction of sp³-hybridized carbons (Fsp3) is 0.444. The number of rotatable bonds is 6. The van der Waals surface area contributed by atoms with Crippen molar-refractivity contribution < 1.29 is 17.6 Å². The van der Waals surface area contributed by atoms with Crippen LogP contribution >= 0.6 is 11.3 Å². The van der Waals surface area contributed by atoms with Gasteiger partial charge in [-0.2, -0.15) is 4.31 Å². The normalized spacial score (nSPS) is 15.9. The molecule has 7 nitrogen and oxygen atoms in total. The van der Waals surface area contributed by atoms with E-state index in [2.05, 4.69) is 9.88 Å². The zero-order chi connectivity index (χ0) is 20.3. The second-order valence-corrected chi connectivity index (χ2v) is 9.77. The maximum Gasteiger partial charge on any atom is 0.237 e. The predicted molar refractivity (Wildman–Crippen MR) is 107 cm³/mol. The number of benzene rings is 1. The number of carbonyl (C=O) groups excluding carboxylic acids is 1. The van der Waals surface area contributed by atoms with Gasteiger partial charge in [0.05, 0.1) is 18.5 Å². The molecule has 0 aliphatic carbocycles. The number of carbonyl (C=O) groups is 1. The third-order valence-corrected chi connectivity index (χ3v) is 6.88. The smallest absolute Gasteiger partial charge is 0.237 e. The second-order valence-electron chi connectivity index (χ2n) is 6.83. The first-order valence-electron chi connectivity index (χ1n) is 8.84. The number of amides is 1. The molecule has 0 radical (unpaired) electrons. The van der Waals surface area contributed by atoms with E-state index in [1.807, 2.05) is 5.38 Å². The largest absolute Gasteiger partial charge is 0.339 e. The van der Waals surface area contributed by atoms with Crippen LogP contribution < -0.4 is 0 Å². The molecule has 1 aliphatic heterocycles. The molecule has 1 aromatic heterocycles. The van der Waals surface area contributed by atoms with Gasteiger partial charge in [-0.05, 0) is 24.3 Å². The molecule has 3 rings (SSSR count). The van der Waals surface area contributed by atoms with Crippen molar-refractivity contribution in [3.8, 4) is 10.6 Å². The third kappa shape index (κ3) is 5.34. The lowest BCUT2D eigenvalue weighted by molar-refractivity contribution is -0.133. The summed E-state index contributed by atoms with van der Waals surface area (Å²) in [6.45, 7) is 3.08. The van der Waals surface area contributed by atoms with Gasteiger partial charge in [0.15, 0.2) is 0 Å². The van der Waals surface area contributed by atoms with Crippen LogP contribution in [-0.2, 0) is 21.4 Å². The van der Waals surface area contributed by atoms with Crippen LogP contribution in [0.2, 0.25) is 0 Å². The van der Waals surface area contributed by atoms with Gasteiger partial charge in [0.25, 0.3) is 0 Å². The number of thiazole rings is 1. The highest BCUT2D eigenvalue weighted by molar-refractivity contribution is 7.88. The van der Waals surface area contributed by atoms with E-state index in [1.165, 1.54) is 30.5 Å². The molecule has 0 bridgehead atoms. The van der Waals surface area contributed by atoms with E-state index in [0.717, 1.165) is 26.8 Å². The lowest BCUT2D eigenvalue weighted by atomic mass is 10.2. The van der Waals surface area contributed by atoms with Gasteiger partial charge in [-0.15, -0.1) is 11.3 Å². The highest BCUT2D eigenvalue weighted by Crippen LogP contribution is 2.24. The van der Waals surface area contributed by atoms with Crippen LogP contribution in [0.3, 0.4) is 0 Å². The van der Waals surface area contributed by atoms with Crippen molar-refractivity contribution in [3.63, 3.8) is 0 Å². The summed E-state index contributed by atoms with van der Waals surface area (Å²) < 4.78 is 37.0. The lowest BCUT2D eigenvalue weighted by Gasteiger charge is -2.35. The van der Waals surface area contributed by atoms with Crippen molar-refractivity contribution in [2.24, 2.45) is 0 Å². The molecule has 0 unspecified atom stereocenters. The van der Waals surface area contributed by atoms with Gasteiger partial charge in [-0.1, -0.05) is 0 Å². The number of nitrogens with zero attached hydrogens (tertiary/aromatic N) is 4. The average molecular weight is 427 g/mol. The Labute approximate surface area is 168 Å². The lowest BCUT2D eigenvalue weighted by Crippen LogP contribution is -2.51. The van der Waals surface area contributed by atoms with E-state index in [-0.39, 0.29) is 18.3 Å². The molecule has 1 amide bonds. The molecule has 0 atom stereocenters. The molecule has 10 heteroatoms. The molecule has 1 saturated heterocycles. The Hall–Kier alpha value is -1.88. The minimum Gasteiger partial charge on any atom is -0.339 e. The Morgan fingerprint density at radius 3 is 2.46 bits per heavy atom. The van der Waals surface area contributed by atoms with Crippen molar-refractivity contribution in [2.45, 2.75) is 6.54 Å². The summed E-state index contributed by atoms with van der Waals surface area (Å²) in [7, 11) is -1.96. The number of hydrogen-bond acceptors (Lipinski definition) is 6. The molecule has 0 saturated carbocycles. The van der Waals surface area contributed by atoms with Gasteiger partial charge < -0.3 is 4.90 Å². The van der Waals surface area contributed by atoms with Crippen molar-refractivity contribution in [1.82, 2.24) is 19.1 Å². The first-order valence-corrected chi connectivity index (χ1v) is 11.6. The van der Waals surface area contributed by atoms with Crippen molar-refractivity contribution in [3.05, 3.63) is 41.2 Å². The quantitative estimate of drug-likeness (QED) is 0.700. The van der Waals surface area contributed by atoms with Gasteiger partial charge in [0, 0.05) is 50.7 Å². The zero-order valence-electron chi connectivity index (χ0n) is 15.8. The maximum absolute atomic E-state index is 13.0. The van der Waals surface area contributed by atoms with E-state index in [1.54, 1.807) is 17.0 Å². The number of halogens is 1. The first kappa shape index (κ1) is 20.8. The number of piperazine rings is 1. The SMILES string of the molecule is CN(CC(=O)N1CCN(Cc2csc(-c3ccc(F)cc3)n2)CC1)S(C)(=O)=O. The number of sulfonamides is 1. The van der Waals surface area contributed by atoms with Gasteiger partial charge >= 0.3 is 0 Å². The molecular formula is C18H23FN4O3S2. The minimum absolute atomic E-state index is 0.133. The van der Waals surface area contributed by atoms with E-state index in [4.69, 9.17) is 0 Å². The fourth-order valence-electron chi connectivity index (χ4n) is 2.90. The summed E-state index contributed by atoms with van der Waals surface area (Å²) in [4.78, 5) is 20.8. The Kier molecular flexibility index (Phi) is 6.43. The molecule has 1 fully saturated rings. The summed E-state index contributed by atoms with van der Waals surface area (Å²) >= 11 is 1.52. The fourth-order valence-corrected chi connectivity index (χ4v) is 4.06. The number of aromatic nitrogens is 1. The van der Waals surface area contributed by atoms with Crippen LogP contribution in [0.25, 0.3) is 10.6 Å². The van der Waals surface area contributed by atoms with Crippen LogP contribution in [0.1, 0.15) is 5.69 Å². The first-order chi connectivity index (χ1) is 13.2. The standard InChI is InChI=1S/C18H23FN4O3S2/c1-21(28(2,25)26)12-17(24)23-9-7-22(8-10-23)11-16-13-27-18(20-16)14-3-5-15(19)6-4-14/h3-6,13H,7-12H2,1-2H3. The van der Waals surface area contributed by atoms with Gasteiger partial charge in [-0.25, -0.2) is 17.8 Å². The monoisotopic (exact) mass is 426 g/mol. The Morgan fingerprint density at radius 2 is 1.86 bits per heavy atom. The minimum atomic E-state index is -3.36. The van der Waals surface area contributed by atoms with Crippen LogP contribution in [0.5, 0.6) is 0 Å². The maximum atomic E-state index is 13.0. The molecule has 28 heavy (non-hydrogen) atoms. The topological polar surface area (TPSA) is 73.8 Å². The highest BCUT2D eigenvalue weighted by atomic mass is 32.2. The summed E-state index contributed by atoms with van der Waals surface area (Å²) in [6, 6.07) is 6.29. The second kappa shape index (κ2) is 8.64. The zero-order valence-corrected chi connectivity index (χ0v) is 17.5. The number of likely N-dealkylation sites (N-methyl/N-ethyl adjacent to an activating group) is 1. The van der Waals surface area contributed by atoms with Crippen molar-refractivity contribution in [2.75, 3.05) is 46.0 Å². The van der Waals surface area contributed by atoms with Crippen molar-refractivity contribution in [1.29, 1.82) is 0 Å². The summed E-state index contributed by atoms with van der Waals surface area (Å²) in [5.74, 6) is -0.449. The molecule has 0 spiro atoms. The molecular weight excluding hydrogens is 403 g/mol. The highest BCUT2D eigenvalue weighted by Gasteiger charge is 2.24. The Bertz CT molecular complexity index is 923. The van der Waals surface area contributed by atoms with E-state index < -0.39 is 10.0 Å². The Morgan fingerprint density at radius 1 is 1.21 bits per heavy atom. The van der Waals surface area contributed by atoms with E-state index in [9.17, 15) is 17.6 Å². The van der Waals surface area contributed by atoms with Crippen LogP contribution in [0, 0.1) is 5.82 Å². The average Bonchev–Trinajstić information content (AvgIpc) is 3.10. The molecule has 152 valence electrons. The summed E-state index contributed by atoms with van der Waals surface area (Å²) in [5, 5.41) is 2.85. The van der Waals surface area contributed by atoms with Gasteiger partial charge in [0.1, 0.15) is 10.8 Å². The third-order valence-electron chi connectivity index (χ3n) is 4.68. The summed E-state index contributed by atoms with van der Waals surface area (Å²) in [5.41, 5.74) is 1.84. The van der Waals surface area contributed by atoms with Gasteiger partial charge in [-0.3, -0.25) is 9.69 Å². The van der Waals surface area contributed by atoms with Crippen LogP contribution in [0.4, 0.5) is 4.39 Å². The molecule has 0 N–H and O–H groups in total. The van der Waals surface area contributed by atoms with E-state index in [0.29, 0.717) is 32.7 Å². The summed E-state index contributed by atoms with van der Waals surface area (Å²) in [6.07, 6.45) is 1.09. The molecule has 1 aromatic carbocycles. The molecule has 2 heterocycles. The van der Waals surface area contributed by atoms with E-state index >= 15 is 0 Å². The van der Waals surface area contributed by atoms with Crippen molar-refractivity contribution >= 4 is 27.3 Å². The van der Waals surface area contributed by atoms with Crippen LogP contribution in [-0.4, -0.2) is 79.4 Å². The number of hydrogen-bond donors (Lipinski definition) is 0. The van der Waals surface area contributed by atoms with Crippen LogP contribution in [0.15, 0.2) is 29.6 Å².